The highest BCUT2D eigenvalue weighted by molar-refractivity contribution is 5.91. The van der Waals surface area contributed by atoms with E-state index in [1.165, 1.54) is 0 Å². The van der Waals surface area contributed by atoms with Gasteiger partial charge in [0.05, 0.1) is 12.5 Å². The summed E-state index contributed by atoms with van der Waals surface area (Å²) in [6.07, 6.45) is 0.780. The second-order valence-electron chi connectivity index (χ2n) is 6.84. The minimum Gasteiger partial charge on any atom is -0.360 e. The van der Waals surface area contributed by atoms with Gasteiger partial charge in [-0.05, 0) is 18.9 Å². The van der Waals surface area contributed by atoms with Crippen molar-refractivity contribution in [3.8, 4) is 0 Å². The van der Waals surface area contributed by atoms with Gasteiger partial charge in [0.25, 0.3) is 0 Å². The number of hydrogen-bond donors (Lipinski definition) is 1. The number of carbonyl (C=O) groups excluding carboxylic acids is 2. The second-order valence-corrected chi connectivity index (χ2v) is 6.84. The number of nitrogens with one attached hydrogen (secondary N) is 1. The molecular weight excluding hydrogens is 344 g/mol. The largest absolute Gasteiger partial charge is 0.360 e. The molecule has 2 aromatic rings. The van der Waals surface area contributed by atoms with Gasteiger partial charge < -0.3 is 14.7 Å². The molecule has 3 rings (SSSR count). The Morgan fingerprint density at radius 1 is 1.19 bits per heavy atom. The van der Waals surface area contributed by atoms with Crippen molar-refractivity contribution >= 4 is 17.6 Å². The molecule has 1 aromatic heterocycles. The molecule has 144 valence electrons. The maximum Gasteiger partial charge on any atom is 0.239 e. The lowest BCUT2D eigenvalue weighted by atomic mass is 9.95. The highest BCUT2D eigenvalue weighted by Crippen LogP contribution is 2.22. The summed E-state index contributed by atoms with van der Waals surface area (Å²) in [5.74, 6) is 1.03. The highest BCUT2D eigenvalue weighted by atomic mass is 16.5. The predicted molar refractivity (Wildman–Crippen MR) is 102 cm³/mol. The van der Waals surface area contributed by atoms with Crippen LogP contribution in [0.3, 0.4) is 0 Å². The van der Waals surface area contributed by atoms with E-state index in [9.17, 15) is 9.59 Å². The summed E-state index contributed by atoms with van der Waals surface area (Å²) in [5, 5.41) is 6.49. The fourth-order valence-corrected chi connectivity index (χ4v) is 3.40. The van der Waals surface area contributed by atoms with Gasteiger partial charge in [0.1, 0.15) is 5.76 Å². The topological polar surface area (TPSA) is 78.7 Å². The lowest BCUT2D eigenvalue weighted by Gasteiger charge is -2.36. The average Bonchev–Trinajstić information content (AvgIpc) is 3.08. The van der Waals surface area contributed by atoms with E-state index in [1.54, 1.807) is 13.0 Å². The van der Waals surface area contributed by atoms with E-state index in [-0.39, 0.29) is 24.3 Å². The minimum absolute atomic E-state index is 0.101. The average molecular weight is 370 g/mol. The first-order chi connectivity index (χ1) is 13.1. The van der Waals surface area contributed by atoms with Gasteiger partial charge in [0.15, 0.2) is 5.82 Å². The van der Waals surface area contributed by atoms with Crippen molar-refractivity contribution in [2.75, 3.05) is 38.0 Å². The zero-order chi connectivity index (χ0) is 19.2. The van der Waals surface area contributed by atoms with Gasteiger partial charge in [-0.2, -0.15) is 0 Å². The number of hydrogen-bond acceptors (Lipinski definition) is 5. The molecular formula is C20H26N4O3. The highest BCUT2D eigenvalue weighted by Gasteiger charge is 2.28. The number of piperazine rings is 1. The quantitative estimate of drug-likeness (QED) is 0.844. The van der Waals surface area contributed by atoms with E-state index < -0.39 is 0 Å². The zero-order valence-electron chi connectivity index (χ0n) is 15.9. The molecule has 1 fully saturated rings. The SMILES string of the molecule is CCC(C(=O)N1CCN(CC(=O)Nc2cc(C)on2)CC1)c1ccccc1. The summed E-state index contributed by atoms with van der Waals surface area (Å²) in [7, 11) is 0. The fourth-order valence-electron chi connectivity index (χ4n) is 3.40. The van der Waals surface area contributed by atoms with Gasteiger partial charge >= 0.3 is 0 Å². The Balaban J connectivity index is 1.49. The Morgan fingerprint density at radius 3 is 2.48 bits per heavy atom. The van der Waals surface area contributed by atoms with Gasteiger partial charge in [-0.1, -0.05) is 42.4 Å². The standard InChI is InChI=1S/C20H26N4O3/c1-3-17(16-7-5-4-6-8-16)20(26)24-11-9-23(10-12-24)14-19(25)21-18-13-15(2)27-22-18/h4-8,13,17H,3,9-12,14H2,1-2H3,(H,21,22,25). The summed E-state index contributed by atoms with van der Waals surface area (Å²) < 4.78 is 4.94. The summed E-state index contributed by atoms with van der Waals surface area (Å²) in [6.45, 7) is 6.74. The lowest BCUT2D eigenvalue weighted by Crippen LogP contribution is -2.51. The fraction of sp³-hybridized carbons (Fsp3) is 0.450. The van der Waals surface area contributed by atoms with Crippen molar-refractivity contribution in [1.82, 2.24) is 15.0 Å². The van der Waals surface area contributed by atoms with Crippen molar-refractivity contribution in [3.63, 3.8) is 0 Å². The Kier molecular flexibility index (Phi) is 6.24. The maximum atomic E-state index is 12.9. The first-order valence-corrected chi connectivity index (χ1v) is 9.36. The van der Waals surface area contributed by atoms with Gasteiger partial charge in [-0.15, -0.1) is 0 Å². The molecule has 0 aliphatic carbocycles. The van der Waals surface area contributed by atoms with Crippen LogP contribution >= 0.6 is 0 Å². The van der Waals surface area contributed by atoms with Crippen molar-refractivity contribution < 1.29 is 14.1 Å². The molecule has 1 saturated heterocycles. The molecule has 2 heterocycles. The van der Waals surface area contributed by atoms with Gasteiger partial charge in [0, 0.05) is 32.2 Å². The molecule has 0 radical (unpaired) electrons. The molecule has 7 heteroatoms. The number of rotatable bonds is 6. The van der Waals surface area contributed by atoms with Crippen molar-refractivity contribution in [1.29, 1.82) is 0 Å². The van der Waals surface area contributed by atoms with Crippen LogP contribution in [0.5, 0.6) is 0 Å². The second kappa shape index (κ2) is 8.81. The number of aryl methyl sites for hydroxylation is 1. The van der Waals surface area contributed by atoms with E-state index in [1.807, 2.05) is 42.2 Å². The summed E-state index contributed by atoms with van der Waals surface area (Å²) in [6, 6.07) is 11.6. The van der Waals surface area contributed by atoms with Crippen LogP contribution in [0.1, 0.15) is 30.6 Å². The molecule has 2 amide bonds. The van der Waals surface area contributed by atoms with Crippen LogP contribution < -0.4 is 5.32 Å². The molecule has 1 aromatic carbocycles. The van der Waals surface area contributed by atoms with Crippen LogP contribution in [-0.4, -0.2) is 59.5 Å². The molecule has 0 saturated carbocycles. The van der Waals surface area contributed by atoms with Crippen LogP contribution in [0.2, 0.25) is 0 Å². The third kappa shape index (κ3) is 4.95. The van der Waals surface area contributed by atoms with E-state index in [4.69, 9.17) is 4.52 Å². The van der Waals surface area contributed by atoms with Crippen molar-refractivity contribution in [2.45, 2.75) is 26.2 Å². The van der Waals surface area contributed by atoms with E-state index in [0.29, 0.717) is 37.8 Å². The lowest BCUT2D eigenvalue weighted by molar-refractivity contribution is -0.134. The molecule has 1 N–H and O–H groups in total. The number of benzene rings is 1. The van der Waals surface area contributed by atoms with Crippen molar-refractivity contribution in [2.24, 2.45) is 0 Å². The predicted octanol–water partition coefficient (Wildman–Crippen LogP) is 2.26. The third-order valence-corrected chi connectivity index (χ3v) is 4.85. The number of anilines is 1. The number of aromatic nitrogens is 1. The molecule has 1 aliphatic rings. The number of carbonyl (C=O) groups is 2. The van der Waals surface area contributed by atoms with Gasteiger partial charge in [-0.25, -0.2) is 0 Å². The molecule has 0 bridgehead atoms. The van der Waals surface area contributed by atoms with Crippen molar-refractivity contribution in [3.05, 3.63) is 47.7 Å². The first-order valence-electron chi connectivity index (χ1n) is 9.36. The summed E-state index contributed by atoms with van der Waals surface area (Å²) in [4.78, 5) is 29.0. The van der Waals surface area contributed by atoms with Gasteiger partial charge in [0.2, 0.25) is 11.8 Å². The number of amides is 2. The van der Waals surface area contributed by atoms with Gasteiger partial charge in [-0.3, -0.25) is 14.5 Å². The van der Waals surface area contributed by atoms with Crippen LogP contribution in [0.25, 0.3) is 0 Å². The normalized spacial score (nSPS) is 16.1. The number of nitrogens with zero attached hydrogens (tertiary/aromatic N) is 3. The third-order valence-electron chi connectivity index (χ3n) is 4.85. The monoisotopic (exact) mass is 370 g/mol. The summed E-state index contributed by atoms with van der Waals surface area (Å²) >= 11 is 0. The van der Waals surface area contributed by atoms with Crippen LogP contribution in [0.4, 0.5) is 5.82 Å². The van der Waals surface area contributed by atoms with E-state index >= 15 is 0 Å². The molecule has 1 aliphatic heterocycles. The van der Waals surface area contributed by atoms with Crippen LogP contribution in [-0.2, 0) is 9.59 Å². The first kappa shape index (κ1) is 19.1. The minimum atomic E-state index is -0.126. The molecule has 1 atom stereocenters. The Labute approximate surface area is 159 Å². The Hall–Kier alpha value is -2.67. The van der Waals surface area contributed by atoms with E-state index in [2.05, 4.69) is 15.4 Å². The van der Waals surface area contributed by atoms with Crippen LogP contribution in [0.15, 0.2) is 40.9 Å². The molecule has 0 spiro atoms. The van der Waals surface area contributed by atoms with E-state index in [0.717, 1.165) is 12.0 Å². The summed E-state index contributed by atoms with van der Waals surface area (Å²) in [5.41, 5.74) is 1.06. The maximum absolute atomic E-state index is 12.9. The smallest absolute Gasteiger partial charge is 0.239 e. The zero-order valence-corrected chi connectivity index (χ0v) is 15.9. The Morgan fingerprint density at radius 2 is 1.89 bits per heavy atom. The van der Waals surface area contributed by atoms with Crippen LogP contribution in [0, 0.1) is 6.92 Å². The molecule has 27 heavy (non-hydrogen) atoms. The molecule has 7 nitrogen and oxygen atoms in total. The Bertz CT molecular complexity index is 767. The molecule has 1 unspecified atom stereocenters.